The first kappa shape index (κ1) is 16.9. The molecule has 0 N–H and O–H groups in total. The first-order valence-corrected chi connectivity index (χ1v) is 8.51. The molecule has 0 radical (unpaired) electrons. The lowest BCUT2D eigenvalue weighted by atomic mass is 10.1. The Hall–Kier alpha value is -1.17. The van der Waals surface area contributed by atoms with Crippen molar-refractivity contribution in [2.75, 3.05) is 6.26 Å². The molecule has 0 bridgehead atoms. The fourth-order valence-corrected chi connectivity index (χ4v) is 2.50. The molecule has 1 heterocycles. The highest BCUT2D eigenvalue weighted by atomic mass is 35.5. The van der Waals surface area contributed by atoms with Crippen molar-refractivity contribution in [3.05, 3.63) is 40.8 Å². The number of hydrogen-bond acceptors (Lipinski definition) is 4. The molecule has 108 valence electrons. The maximum absolute atomic E-state index is 11.5. The largest absolute Gasteiger partial charge is 0.224 e. The minimum Gasteiger partial charge on any atom is -0.224 e. The van der Waals surface area contributed by atoms with Crippen LogP contribution in [0.25, 0.3) is 11.3 Å². The van der Waals surface area contributed by atoms with Crippen LogP contribution < -0.4 is 0 Å². The van der Waals surface area contributed by atoms with Gasteiger partial charge in [-0.3, -0.25) is 0 Å². The molecule has 0 unspecified atom stereocenters. The molecule has 0 saturated carbocycles. The smallest absolute Gasteiger partial charge is 0.224 e. The summed E-state index contributed by atoms with van der Waals surface area (Å²) in [5.74, 6) is 0. The number of nitrogens with zero attached hydrogens (tertiary/aromatic N) is 2. The quantitative estimate of drug-likeness (QED) is 0.618. The summed E-state index contributed by atoms with van der Waals surface area (Å²) in [4.78, 5) is 7.95. The zero-order valence-corrected chi connectivity index (χ0v) is 13.6. The molecule has 1 aromatic heterocycles. The molecule has 7 heteroatoms. The van der Waals surface area contributed by atoms with Crippen molar-refractivity contribution in [1.29, 1.82) is 0 Å². The average molecular weight is 333 g/mol. The molecule has 20 heavy (non-hydrogen) atoms. The molecule has 0 fully saturated rings. The Morgan fingerprint density at radius 2 is 1.70 bits per heavy atom. The summed E-state index contributed by atoms with van der Waals surface area (Å²) in [5, 5.41) is 0.219. The van der Waals surface area contributed by atoms with E-state index < -0.39 is 9.84 Å². The molecule has 0 aliphatic rings. The summed E-state index contributed by atoms with van der Waals surface area (Å²) in [5.41, 5.74) is 1.09. The first-order valence-electron chi connectivity index (χ1n) is 5.87. The van der Waals surface area contributed by atoms with Gasteiger partial charge in [-0.05, 0) is 23.7 Å². The molecular weight excluding hydrogens is 319 g/mol. The second-order valence-electron chi connectivity index (χ2n) is 3.64. The van der Waals surface area contributed by atoms with Gasteiger partial charge in [0.25, 0.3) is 0 Å². The van der Waals surface area contributed by atoms with Crippen LogP contribution in [-0.2, 0) is 9.84 Å². The van der Waals surface area contributed by atoms with Gasteiger partial charge in [0.2, 0.25) is 5.28 Å². The van der Waals surface area contributed by atoms with Gasteiger partial charge in [0.05, 0.1) is 10.6 Å². The summed E-state index contributed by atoms with van der Waals surface area (Å²) in [7, 11) is -3.26. The summed E-state index contributed by atoms with van der Waals surface area (Å²) >= 11 is 11.5. The summed E-state index contributed by atoms with van der Waals surface area (Å²) in [6.45, 7) is 4.00. The van der Waals surface area contributed by atoms with Crippen molar-refractivity contribution < 1.29 is 8.42 Å². The van der Waals surface area contributed by atoms with Crippen LogP contribution in [0.4, 0.5) is 0 Å². The fraction of sp³-hybridized carbons (Fsp3) is 0.231. The number of halogens is 2. The van der Waals surface area contributed by atoms with Crippen LogP contribution in [0.15, 0.2) is 35.2 Å². The van der Waals surface area contributed by atoms with Gasteiger partial charge >= 0.3 is 0 Å². The van der Waals surface area contributed by atoms with E-state index in [9.17, 15) is 8.42 Å². The van der Waals surface area contributed by atoms with E-state index in [0.717, 1.165) is 6.26 Å². The molecule has 2 rings (SSSR count). The fourth-order valence-electron chi connectivity index (χ4n) is 1.42. The SMILES string of the molecule is CC.CS(=O)(=O)c1cccc(-c2cc(Cl)nc(Cl)n2)c1. The molecule has 0 spiro atoms. The van der Waals surface area contributed by atoms with Crippen LogP contribution in [0.3, 0.4) is 0 Å². The maximum atomic E-state index is 11.5. The predicted molar refractivity (Wildman–Crippen MR) is 81.9 cm³/mol. The topological polar surface area (TPSA) is 59.9 Å². The molecule has 1 aromatic carbocycles. The van der Waals surface area contributed by atoms with Gasteiger partial charge in [0.15, 0.2) is 9.84 Å². The van der Waals surface area contributed by atoms with Crippen molar-refractivity contribution >= 4 is 33.0 Å². The highest BCUT2D eigenvalue weighted by molar-refractivity contribution is 7.90. The molecule has 0 atom stereocenters. The Bertz CT molecular complexity index is 683. The molecule has 4 nitrogen and oxygen atoms in total. The summed E-state index contributed by atoms with van der Waals surface area (Å²) < 4.78 is 22.9. The van der Waals surface area contributed by atoms with E-state index in [2.05, 4.69) is 9.97 Å². The lowest BCUT2D eigenvalue weighted by molar-refractivity contribution is 0.602. The minimum absolute atomic E-state index is 0.0160. The monoisotopic (exact) mass is 332 g/mol. The van der Waals surface area contributed by atoms with E-state index in [1.54, 1.807) is 12.1 Å². The molecule has 0 aliphatic carbocycles. The molecule has 0 amide bonds. The van der Waals surface area contributed by atoms with E-state index in [4.69, 9.17) is 23.2 Å². The van der Waals surface area contributed by atoms with Crippen LogP contribution >= 0.6 is 23.2 Å². The Labute approximate surface area is 128 Å². The Morgan fingerprint density at radius 1 is 1.05 bits per heavy atom. The highest BCUT2D eigenvalue weighted by Gasteiger charge is 2.10. The number of benzene rings is 1. The molecule has 0 aliphatic heterocycles. The van der Waals surface area contributed by atoms with E-state index in [1.165, 1.54) is 18.2 Å². The van der Waals surface area contributed by atoms with Crippen LogP contribution in [-0.4, -0.2) is 24.6 Å². The van der Waals surface area contributed by atoms with Gasteiger partial charge in [-0.25, -0.2) is 18.4 Å². The number of aromatic nitrogens is 2. The Morgan fingerprint density at radius 3 is 2.25 bits per heavy atom. The van der Waals surface area contributed by atoms with Gasteiger partial charge in [-0.15, -0.1) is 0 Å². The van der Waals surface area contributed by atoms with Gasteiger partial charge in [-0.2, -0.15) is 0 Å². The van der Waals surface area contributed by atoms with E-state index in [-0.39, 0.29) is 15.3 Å². The van der Waals surface area contributed by atoms with Crippen molar-refractivity contribution in [1.82, 2.24) is 9.97 Å². The van der Waals surface area contributed by atoms with Gasteiger partial charge in [0, 0.05) is 17.9 Å². The standard InChI is InChI=1S/C11H8Cl2N2O2S.C2H6/c1-18(16,17)8-4-2-3-7(5-8)9-6-10(12)15-11(13)14-9;1-2/h2-6H,1H3;1-2H3. The van der Waals surface area contributed by atoms with E-state index in [0.29, 0.717) is 11.3 Å². The van der Waals surface area contributed by atoms with Gasteiger partial charge < -0.3 is 0 Å². The van der Waals surface area contributed by atoms with E-state index >= 15 is 0 Å². The Kier molecular flexibility index (Phi) is 5.92. The zero-order chi connectivity index (χ0) is 15.3. The van der Waals surface area contributed by atoms with Crippen LogP contribution in [0, 0.1) is 0 Å². The third kappa shape index (κ3) is 4.44. The molecule has 0 saturated heterocycles. The molecule has 2 aromatic rings. The van der Waals surface area contributed by atoms with Crippen molar-refractivity contribution in [2.24, 2.45) is 0 Å². The number of hydrogen-bond donors (Lipinski definition) is 0. The van der Waals surface area contributed by atoms with Crippen LogP contribution in [0.5, 0.6) is 0 Å². The summed E-state index contributed by atoms with van der Waals surface area (Å²) in [6.07, 6.45) is 1.14. The van der Waals surface area contributed by atoms with Gasteiger partial charge in [0.1, 0.15) is 5.15 Å². The average Bonchev–Trinajstić information content (AvgIpc) is 2.39. The van der Waals surface area contributed by atoms with Crippen molar-refractivity contribution in [3.8, 4) is 11.3 Å². The maximum Gasteiger partial charge on any atom is 0.224 e. The second-order valence-corrected chi connectivity index (χ2v) is 6.39. The molecular formula is C13H14Cl2N2O2S. The van der Waals surface area contributed by atoms with Crippen LogP contribution in [0.2, 0.25) is 10.4 Å². The van der Waals surface area contributed by atoms with Gasteiger partial charge in [-0.1, -0.05) is 37.6 Å². The van der Waals surface area contributed by atoms with Crippen molar-refractivity contribution in [3.63, 3.8) is 0 Å². The number of rotatable bonds is 2. The lowest BCUT2D eigenvalue weighted by Crippen LogP contribution is -1.97. The predicted octanol–water partition coefficient (Wildman–Crippen LogP) is 3.88. The first-order chi connectivity index (χ1) is 9.36. The third-order valence-corrected chi connectivity index (χ3v) is 3.70. The van der Waals surface area contributed by atoms with Crippen molar-refractivity contribution in [2.45, 2.75) is 18.7 Å². The lowest BCUT2D eigenvalue weighted by Gasteiger charge is -2.04. The third-order valence-electron chi connectivity index (χ3n) is 2.23. The van der Waals surface area contributed by atoms with E-state index in [1.807, 2.05) is 13.8 Å². The normalized spacial score (nSPS) is 10.7. The second kappa shape index (κ2) is 7.02. The minimum atomic E-state index is -3.26. The zero-order valence-electron chi connectivity index (χ0n) is 11.3. The summed E-state index contributed by atoms with van der Waals surface area (Å²) in [6, 6.07) is 7.92. The Balaban J connectivity index is 0.000000956. The highest BCUT2D eigenvalue weighted by Crippen LogP contribution is 2.23. The van der Waals surface area contributed by atoms with Crippen LogP contribution in [0.1, 0.15) is 13.8 Å². The number of sulfone groups is 1.